The zero-order valence-electron chi connectivity index (χ0n) is 20.4. The first-order valence-corrected chi connectivity index (χ1v) is 12.8. The van der Waals surface area contributed by atoms with E-state index in [0.717, 1.165) is 66.9 Å². The number of ether oxygens (including phenoxy) is 1. The molecule has 0 bridgehead atoms. The molecule has 8 nitrogen and oxygen atoms in total. The van der Waals surface area contributed by atoms with Gasteiger partial charge in [0, 0.05) is 48.2 Å². The van der Waals surface area contributed by atoms with Crippen LogP contribution >= 0.6 is 0 Å². The molecule has 8 heteroatoms. The Bertz CT molecular complexity index is 1230. The van der Waals surface area contributed by atoms with Crippen LogP contribution in [0.15, 0.2) is 36.9 Å². The standard InChI is InChI=1S/C27H32N6O2/c1-17-3-6-24-25(33(17)18(2)34)8-7-23(21-15-31-32(16-21)22-9-11-28-12-10-22)26(24)35-27-29-13-20(14-30-27)19-4-5-19/h7-8,13-17,19,22,28H,3-6,9-12H2,1-2H3. The summed E-state index contributed by atoms with van der Waals surface area (Å²) in [6, 6.07) is 4.98. The summed E-state index contributed by atoms with van der Waals surface area (Å²) in [6.07, 6.45) is 14.1. The Labute approximate surface area is 205 Å². The number of nitrogens with zero attached hydrogens (tertiary/aromatic N) is 5. The van der Waals surface area contributed by atoms with Crippen molar-refractivity contribution >= 4 is 11.6 Å². The normalized spacial score (nSPS) is 20.5. The monoisotopic (exact) mass is 472 g/mol. The van der Waals surface area contributed by atoms with Crippen LogP contribution in [0.4, 0.5) is 5.69 Å². The summed E-state index contributed by atoms with van der Waals surface area (Å²) in [5.41, 5.74) is 5.07. The highest BCUT2D eigenvalue weighted by Crippen LogP contribution is 2.45. The Morgan fingerprint density at radius 1 is 1.06 bits per heavy atom. The Kier molecular flexibility index (Phi) is 5.76. The van der Waals surface area contributed by atoms with Crippen LogP contribution in [0.1, 0.15) is 69.0 Å². The lowest BCUT2D eigenvalue weighted by Gasteiger charge is -2.35. The minimum absolute atomic E-state index is 0.0425. The lowest BCUT2D eigenvalue weighted by molar-refractivity contribution is -0.117. The first-order chi connectivity index (χ1) is 17.1. The van der Waals surface area contributed by atoms with Crippen molar-refractivity contribution in [1.82, 2.24) is 25.1 Å². The van der Waals surface area contributed by atoms with Gasteiger partial charge in [-0.15, -0.1) is 0 Å². The van der Waals surface area contributed by atoms with E-state index in [2.05, 4.69) is 33.1 Å². The fourth-order valence-electron chi connectivity index (χ4n) is 5.47. The van der Waals surface area contributed by atoms with Crippen molar-refractivity contribution < 1.29 is 9.53 Å². The van der Waals surface area contributed by atoms with Gasteiger partial charge < -0.3 is 15.0 Å². The number of benzene rings is 1. The Balaban J connectivity index is 1.41. The van der Waals surface area contributed by atoms with E-state index in [9.17, 15) is 4.79 Å². The number of anilines is 1. The van der Waals surface area contributed by atoms with E-state index < -0.39 is 0 Å². The molecule has 1 saturated carbocycles. The minimum atomic E-state index is 0.0425. The summed E-state index contributed by atoms with van der Waals surface area (Å²) in [6.45, 7) is 5.75. The molecule has 6 rings (SSSR count). The number of fused-ring (bicyclic) bond motifs is 1. The van der Waals surface area contributed by atoms with E-state index in [1.54, 1.807) is 6.92 Å². The molecule has 3 aromatic rings. The smallest absolute Gasteiger partial charge is 0.321 e. The maximum absolute atomic E-state index is 12.5. The van der Waals surface area contributed by atoms with Crippen molar-refractivity contribution in [1.29, 1.82) is 0 Å². The molecule has 1 unspecified atom stereocenters. The highest BCUT2D eigenvalue weighted by Gasteiger charge is 2.31. The van der Waals surface area contributed by atoms with Crippen LogP contribution in [0.5, 0.6) is 11.8 Å². The lowest BCUT2D eigenvalue weighted by atomic mass is 9.92. The highest BCUT2D eigenvalue weighted by atomic mass is 16.5. The Hall–Kier alpha value is -3.26. The second kappa shape index (κ2) is 9.07. The fraction of sp³-hybridized carbons (Fsp3) is 0.481. The molecule has 35 heavy (non-hydrogen) atoms. The number of aromatic nitrogens is 4. The zero-order valence-corrected chi connectivity index (χ0v) is 20.4. The first kappa shape index (κ1) is 22.2. The van der Waals surface area contributed by atoms with Gasteiger partial charge in [0.1, 0.15) is 5.75 Å². The van der Waals surface area contributed by atoms with Gasteiger partial charge in [-0.2, -0.15) is 5.10 Å². The maximum Gasteiger partial charge on any atom is 0.321 e. The number of hydrogen-bond donors (Lipinski definition) is 1. The van der Waals surface area contributed by atoms with Gasteiger partial charge in [0.05, 0.1) is 17.9 Å². The van der Waals surface area contributed by atoms with Crippen LogP contribution in [-0.2, 0) is 11.2 Å². The average molecular weight is 473 g/mol. The van der Waals surface area contributed by atoms with Gasteiger partial charge in [0.25, 0.3) is 0 Å². The molecular formula is C27H32N6O2. The van der Waals surface area contributed by atoms with Gasteiger partial charge in [0.2, 0.25) is 5.91 Å². The number of nitrogens with one attached hydrogen (secondary N) is 1. The van der Waals surface area contributed by atoms with Crippen molar-refractivity contribution in [3.05, 3.63) is 48.0 Å². The van der Waals surface area contributed by atoms with Crippen molar-refractivity contribution in [2.45, 2.75) is 70.4 Å². The largest absolute Gasteiger partial charge is 0.423 e. The van der Waals surface area contributed by atoms with Crippen molar-refractivity contribution in [3.63, 3.8) is 0 Å². The molecule has 1 N–H and O–H groups in total. The maximum atomic E-state index is 12.5. The summed E-state index contributed by atoms with van der Waals surface area (Å²) in [5.74, 6) is 1.36. The first-order valence-electron chi connectivity index (χ1n) is 12.8. The summed E-state index contributed by atoms with van der Waals surface area (Å²) in [4.78, 5) is 23.5. The summed E-state index contributed by atoms with van der Waals surface area (Å²) in [7, 11) is 0. The van der Waals surface area contributed by atoms with Crippen molar-refractivity contribution in [2.75, 3.05) is 18.0 Å². The van der Waals surface area contributed by atoms with Crippen molar-refractivity contribution in [3.8, 4) is 22.9 Å². The van der Waals surface area contributed by atoms with Gasteiger partial charge in [-0.05, 0) is 82.2 Å². The number of carbonyl (C=O) groups is 1. The number of hydrogen-bond acceptors (Lipinski definition) is 6. The van der Waals surface area contributed by atoms with Crippen LogP contribution in [-0.4, -0.2) is 44.8 Å². The third-order valence-electron chi connectivity index (χ3n) is 7.57. The van der Waals surface area contributed by atoms with E-state index >= 15 is 0 Å². The predicted molar refractivity (Wildman–Crippen MR) is 134 cm³/mol. The number of carbonyl (C=O) groups excluding carboxylic acids is 1. The molecule has 4 heterocycles. The quantitative estimate of drug-likeness (QED) is 0.583. The number of amides is 1. The molecule has 1 amide bonds. The van der Waals surface area contributed by atoms with Crippen molar-refractivity contribution in [2.24, 2.45) is 0 Å². The predicted octanol–water partition coefficient (Wildman–Crippen LogP) is 4.62. The molecule has 2 aromatic heterocycles. The number of rotatable bonds is 5. The lowest BCUT2D eigenvalue weighted by Crippen LogP contribution is -2.40. The molecule has 0 radical (unpaired) electrons. The number of piperidine rings is 1. The molecule has 2 fully saturated rings. The molecule has 1 aliphatic carbocycles. The Morgan fingerprint density at radius 3 is 2.54 bits per heavy atom. The minimum Gasteiger partial charge on any atom is -0.423 e. The third kappa shape index (κ3) is 4.31. The highest BCUT2D eigenvalue weighted by molar-refractivity contribution is 5.95. The topological polar surface area (TPSA) is 85.2 Å². The van der Waals surface area contributed by atoms with Crippen LogP contribution in [0.2, 0.25) is 0 Å². The molecule has 2 aliphatic heterocycles. The third-order valence-corrected chi connectivity index (χ3v) is 7.57. The molecular weight excluding hydrogens is 440 g/mol. The van der Waals surface area contributed by atoms with Gasteiger partial charge in [0.15, 0.2) is 0 Å². The average Bonchev–Trinajstić information content (AvgIpc) is 3.61. The molecule has 1 aromatic carbocycles. The van der Waals surface area contributed by atoms with E-state index in [-0.39, 0.29) is 11.9 Å². The second-order valence-electron chi connectivity index (χ2n) is 10.1. The molecule has 0 spiro atoms. The molecule has 1 saturated heterocycles. The SMILES string of the molecule is CC(=O)N1c2ccc(-c3cnn(C4CCNCC4)c3)c(Oc3ncc(C4CC4)cn3)c2CCC1C. The molecule has 182 valence electrons. The van der Waals surface area contributed by atoms with Crippen LogP contribution in [0, 0.1) is 0 Å². The molecule has 1 atom stereocenters. The zero-order chi connectivity index (χ0) is 23.9. The fourth-order valence-corrected chi connectivity index (χ4v) is 5.47. The summed E-state index contributed by atoms with van der Waals surface area (Å²) >= 11 is 0. The van der Waals surface area contributed by atoms with E-state index in [4.69, 9.17) is 9.84 Å². The van der Waals surface area contributed by atoms with Gasteiger partial charge in [-0.25, -0.2) is 9.97 Å². The molecule has 3 aliphatic rings. The summed E-state index contributed by atoms with van der Waals surface area (Å²) < 4.78 is 8.52. The van der Waals surface area contributed by atoms with Gasteiger partial charge in [-0.1, -0.05) is 0 Å². The van der Waals surface area contributed by atoms with Gasteiger partial charge >= 0.3 is 6.01 Å². The van der Waals surface area contributed by atoms with E-state index in [1.165, 1.54) is 18.4 Å². The van der Waals surface area contributed by atoms with Gasteiger partial charge in [-0.3, -0.25) is 9.48 Å². The van der Waals surface area contributed by atoms with Crippen LogP contribution in [0.25, 0.3) is 11.1 Å². The second-order valence-corrected chi connectivity index (χ2v) is 10.1. The summed E-state index contributed by atoms with van der Waals surface area (Å²) in [5, 5.41) is 8.13. The van der Waals surface area contributed by atoms with E-state index in [1.807, 2.05) is 35.6 Å². The van der Waals surface area contributed by atoms with E-state index in [0.29, 0.717) is 18.0 Å². The Morgan fingerprint density at radius 2 is 1.83 bits per heavy atom. The van der Waals surface area contributed by atoms with Crippen LogP contribution < -0.4 is 15.0 Å². The van der Waals surface area contributed by atoms with Crippen LogP contribution in [0.3, 0.4) is 0 Å².